The van der Waals surface area contributed by atoms with Gasteiger partial charge in [-0.15, -0.1) is 0 Å². The first-order valence-corrected chi connectivity index (χ1v) is 3.68. The van der Waals surface area contributed by atoms with Gasteiger partial charge in [-0.25, -0.2) is 0 Å². The molecular formula is C7H12N2O2. The third kappa shape index (κ3) is 2.40. The van der Waals surface area contributed by atoms with E-state index < -0.39 is 0 Å². The number of rotatable bonds is 2. The van der Waals surface area contributed by atoms with Gasteiger partial charge in [0, 0.05) is 13.1 Å². The van der Waals surface area contributed by atoms with E-state index >= 15 is 0 Å². The molecule has 1 rings (SSSR count). The summed E-state index contributed by atoms with van der Waals surface area (Å²) in [6, 6.07) is 0. The minimum absolute atomic E-state index is 0.00898. The number of ketones is 2. The smallest absolute Gasteiger partial charge is 0.154 e. The van der Waals surface area contributed by atoms with Crippen molar-refractivity contribution in [3.05, 3.63) is 0 Å². The summed E-state index contributed by atoms with van der Waals surface area (Å²) in [7, 11) is 0. The molecule has 11 heavy (non-hydrogen) atoms. The molecule has 0 aromatic rings. The van der Waals surface area contributed by atoms with Gasteiger partial charge in [-0.3, -0.25) is 14.5 Å². The molecule has 0 aromatic carbocycles. The van der Waals surface area contributed by atoms with Crippen LogP contribution in [0, 0.1) is 0 Å². The predicted octanol–water partition coefficient (Wildman–Crippen LogP) is -1.21. The molecule has 0 aromatic heterocycles. The zero-order chi connectivity index (χ0) is 8.27. The average molecular weight is 156 g/mol. The van der Waals surface area contributed by atoms with Crippen LogP contribution in [-0.4, -0.2) is 42.6 Å². The molecule has 0 saturated carbocycles. The fourth-order valence-electron chi connectivity index (χ4n) is 1.23. The molecule has 1 aliphatic heterocycles. The normalized spacial score (nSPS) is 20.8. The van der Waals surface area contributed by atoms with Crippen molar-refractivity contribution in [1.29, 1.82) is 0 Å². The number of hydrogen-bond donors (Lipinski definition) is 1. The second kappa shape index (κ2) is 3.59. The van der Waals surface area contributed by atoms with Crippen LogP contribution in [0.1, 0.15) is 6.42 Å². The quantitative estimate of drug-likeness (QED) is 0.509. The Morgan fingerprint density at radius 2 is 1.82 bits per heavy atom. The number of Topliss-reactive ketones (excluding diaryl/α,β-unsaturated/α-hetero) is 2. The second-order valence-corrected chi connectivity index (χ2v) is 2.75. The van der Waals surface area contributed by atoms with Crippen LogP contribution in [0.5, 0.6) is 0 Å². The highest BCUT2D eigenvalue weighted by molar-refractivity contribution is 6.02. The molecule has 1 fully saturated rings. The SMILES string of the molecule is NCCN1CC(=O)CC(=O)C1. The van der Waals surface area contributed by atoms with Crippen LogP contribution in [0.4, 0.5) is 0 Å². The van der Waals surface area contributed by atoms with E-state index in [0.717, 1.165) is 0 Å². The third-order valence-corrected chi connectivity index (χ3v) is 1.64. The lowest BCUT2D eigenvalue weighted by atomic mass is 10.1. The standard InChI is InChI=1S/C7H12N2O2/c8-1-2-9-4-6(10)3-7(11)5-9/h1-5,8H2. The third-order valence-electron chi connectivity index (χ3n) is 1.64. The zero-order valence-electron chi connectivity index (χ0n) is 6.38. The van der Waals surface area contributed by atoms with Gasteiger partial charge in [-0.2, -0.15) is 0 Å². The number of nitrogens with zero attached hydrogens (tertiary/aromatic N) is 1. The molecule has 0 spiro atoms. The van der Waals surface area contributed by atoms with Crippen LogP contribution in [0.15, 0.2) is 0 Å². The number of hydrogen-bond acceptors (Lipinski definition) is 4. The van der Waals surface area contributed by atoms with E-state index in [1.54, 1.807) is 4.90 Å². The van der Waals surface area contributed by atoms with E-state index in [1.807, 2.05) is 0 Å². The highest BCUT2D eigenvalue weighted by Crippen LogP contribution is 2.00. The molecule has 0 radical (unpaired) electrons. The molecule has 0 amide bonds. The number of nitrogens with two attached hydrogens (primary N) is 1. The largest absolute Gasteiger partial charge is 0.329 e. The van der Waals surface area contributed by atoms with Crippen LogP contribution < -0.4 is 5.73 Å². The summed E-state index contributed by atoms with van der Waals surface area (Å²) in [5.74, 6) is 0.0180. The Hall–Kier alpha value is -0.740. The molecular weight excluding hydrogens is 144 g/mol. The van der Waals surface area contributed by atoms with Crippen LogP contribution in [0.25, 0.3) is 0 Å². The van der Waals surface area contributed by atoms with Gasteiger partial charge in [-0.1, -0.05) is 0 Å². The lowest BCUT2D eigenvalue weighted by Crippen LogP contribution is -2.43. The van der Waals surface area contributed by atoms with Gasteiger partial charge < -0.3 is 5.73 Å². The van der Waals surface area contributed by atoms with E-state index in [9.17, 15) is 9.59 Å². The Kier molecular flexibility index (Phi) is 2.73. The Morgan fingerprint density at radius 1 is 1.27 bits per heavy atom. The monoisotopic (exact) mass is 156 g/mol. The van der Waals surface area contributed by atoms with Crippen molar-refractivity contribution in [2.45, 2.75) is 6.42 Å². The molecule has 0 unspecified atom stereocenters. The maximum absolute atomic E-state index is 10.9. The summed E-state index contributed by atoms with van der Waals surface area (Å²) in [5.41, 5.74) is 5.29. The molecule has 4 heteroatoms. The Morgan fingerprint density at radius 3 is 2.27 bits per heavy atom. The van der Waals surface area contributed by atoms with Gasteiger partial charge in [0.2, 0.25) is 0 Å². The molecule has 1 heterocycles. The van der Waals surface area contributed by atoms with Gasteiger partial charge in [0.25, 0.3) is 0 Å². The summed E-state index contributed by atoms with van der Waals surface area (Å²) in [4.78, 5) is 23.5. The summed E-state index contributed by atoms with van der Waals surface area (Å²) < 4.78 is 0. The first kappa shape index (κ1) is 8.36. The molecule has 1 aliphatic rings. The number of piperidine rings is 1. The van der Waals surface area contributed by atoms with E-state index in [2.05, 4.69) is 0 Å². The van der Waals surface area contributed by atoms with Gasteiger partial charge in [-0.05, 0) is 0 Å². The maximum Gasteiger partial charge on any atom is 0.154 e. The molecule has 0 aliphatic carbocycles. The molecule has 4 nitrogen and oxygen atoms in total. The fraction of sp³-hybridized carbons (Fsp3) is 0.714. The summed E-state index contributed by atoms with van der Waals surface area (Å²) in [5, 5.41) is 0. The number of carbonyl (C=O) groups is 2. The molecule has 2 N–H and O–H groups in total. The summed E-state index contributed by atoms with van der Waals surface area (Å²) >= 11 is 0. The van der Waals surface area contributed by atoms with Crippen molar-refractivity contribution in [1.82, 2.24) is 4.90 Å². The maximum atomic E-state index is 10.9. The van der Waals surface area contributed by atoms with Crippen LogP contribution in [0.2, 0.25) is 0 Å². The van der Waals surface area contributed by atoms with Crippen molar-refractivity contribution in [2.24, 2.45) is 5.73 Å². The van der Waals surface area contributed by atoms with E-state index in [0.29, 0.717) is 26.2 Å². The van der Waals surface area contributed by atoms with Crippen LogP contribution in [0.3, 0.4) is 0 Å². The lowest BCUT2D eigenvalue weighted by Gasteiger charge is -2.23. The lowest BCUT2D eigenvalue weighted by molar-refractivity contribution is -0.132. The second-order valence-electron chi connectivity index (χ2n) is 2.75. The van der Waals surface area contributed by atoms with E-state index in [1.165, 1.54) is 0 Å². The minimum atomic E-state index is 0.00898. The fourth-order valence-corrected chi connectivity index (χ4v) is 1.23. The van der Waals surface area contributed by atoms with Gasteiger partial charge in [0.05, 0.1) is 19.5 Å². The van der Waals surface area contributed by atoms with E-state index in [4.69, 9.17) is 5.73 Å². The average Bonchev–Trinajstić information content (AvgIpc) is 1.85. The van der Waals surface area contributed by atoms with Crippen molar-refractivity contribution < 1.29 is 9.59 Å². The molecule has 1 saturated heterocycles. The first-order chi connectivity index (χ1) is 5.22. The van der Waals surface area contributed by atoms with Crippen LogP contribution >= 0.6 is 0 Å². The van der Waals surface area contributed by atoms with Crippen molar-refractivity contribution in [3.63, 3.8) is 0 Å². The van der Waals surface area contributed by atoms with Crippen molar-refractivity contribution >= 4 is 11.6 Å². The van der Waals surface area contributed by atoms with Gasteiger partial charge in [0.1, 0.15) is 0 Å². The van der Waals surface area contributed by atoms with E-state index in [-0.39, 0.29) is 18.0 Å². The predicted molar refractivity (Wildman–Crippen MR) is 40.1 cm³/mol. The zero-order valence-corrected chi connectivity index (χ0v) is 6.38. The Bertz CT molecular complexity index is 163. The summed E-state index contributed by atoms with van der Waals surface area (Å²) in [6.07, 6.45) is 0.112. The van der Waals surface area contributed by atoms with Crippen molar-refractivity contribution in [2.75, 3.05) is 26.2 Å². The molecule has 0 bridgehead atoms. The van der Waals surface area contributed by atoms with Crippen molar-refractivity contribution in [3.8, 4) is 0 Å². The van der Waals surface area contributed by atoms with Gasteiger partial charge in [0.15, 0.2) is 11.6 Å². The molecule has 62 valence electrons. The minimum Gasteiger partial charge on any atom is -0.329 e. The van der Waals surface area contributed by atoms with Crippen LogP contribution in [-0.2, 0) is 9.59 Å². The summed E-state index contributed by atoms with van der Waals surface area (Å²) in [6.45, 7) is 1.92. The molecule has 0 atom stereocenters. The van der Waals surface area contributed by atoms with Gasteiger partial charge >= 0.3 is 0 Å². The highest BCUT2D eigenvalue weighted by Gasteiger charge is 2.21. The number of carbonyl (C=O) groups excluding carboxylic acids is 2. The Balaban J connectivity index is 2.43. The highest BCUT2D eigenvalue weighted by atomic mass is 16.2. The topological polar surface area (TPSA) is 63.4 Å². The number of likely N-dealkylation sites (tertiary alicyclic amines) is 1. The Labute approximate surface area is 65.3 Å². The first-order valence-electron chi connectivity index (χ1n) is 3.68.